The molecule has 1 unspecified atom stereocenters. The second kappa shape index (κ2) is 5.53. The molecule has 0 aliphatic carbocycles. The number of aryl methyl sites for hydroxylation is 1. The van der Waals surface area contributed by atoms with E-state index in [2.05, 4.69) is 17.2 Å². The minimum absolute atomic E-state index is 0.0598. The van der Waals surface area contributed by atoms with E-state index in [1.807, 2.05) is 24.6 Å². The molecule has 0 aliphatic rings. The maximum atomic E-state index is 11.7. The highest BCUT2D eigenvalue weighted by molar-refractivity contribution is 5.79. The number of nitrogens with zero attached hydrogens (tertiary/aromatic N) is 2. The van der Waals surface area contributed by atoms with E-state index in [0.29, 0.717) is 0 Å². The Bertz CT molecular complexity index is 319. The Morgan fingerprint density at radius 2 is 2.40 bits per heavy atom. The zero-order chi connectivity index (χ0) is 11.3. The van der Waals surface area contributed by atoms with Gasteiger partial charge >= 0.3 is 0 Å². The number of nitrogens with one attached hydrogen (secondary N) is 1. The van der Waals surface area contributed by atoms with Crippen LogP contribution in [0.1, 0.15) is 38.6 Å². The summed E-state index contributed by atoms with van der Waals surface area (Å²) in [7, 11) is 0. The van der Waals surface area contributed by atoms with Crippen LogP contribution in [0.15, 0.2) is 12.4 Å². The molecule has 1 heterocycles. The van der Waals surface area contributed by atoms with Crippen molar-refractivity contribution in [3.8, 4) is 0 Å². The van der Waals surface area contributed by atoms with Crippen molar-refractivity contribution in [2.45, 2.75) is 39.7 Å². The molecule has 4 nitrogen and oxygen atoms in total. The van der Waals surface area contributed by atoms with Gasteiger partial charge in [0.2, 0.25) is 5.91 Å². The van der Waals surface area contributed by atoms with E-state index in [0.717, 1.165) is 25.2 Å². The Morgan fingerprint density at radius 3 is 2.93 bits per heavy atom. The van der Waals surface area contributed by atoms with Crippen molar-refractivity contribution in [2.75, 3.05) is 6.54 Å². The van der Waals surface area contributed by atoms with Gasteiger partial charge in [0, 0.05) is 18.9 Å². The van der Waals surface area contributed by atoms with E-state index < -0.39 is 0 Å². The average Bonchev–Trinajstić information content (AvgIpc) is 2.63. The van der Waals surface area contributed by atoms with Crippen LogP contribution >= 0.6 is 0 Å². The SMILES string of the molecule is CCCCNC(=O)C(C)n1ccnc1C. The van der Waals surface area contributed by atoms with Crippen molar-refractivity contribution < 1.29 is 4.79 Å². The highest BCUT2D eigenvalue weighted by Gasteiger charge is 2.14. The van der Waals surface area contributed by atoms with Crippen molar-refractivity contribution in [3.05, 3.63) is 18.2 Å². The number of imidazole rings is 1. The Kier molecular flexibility index (Phi) is 4.34. The lowest BCUT2D eigenvalue weighted by molar-refractivity contribution is -0.123. The minimum Gasteiger partial charge on any atom is -0.354 e. The first-order chi connectivity index (χ1) is 7.16. The van der Waals surface area contributed by atoms with E-state index in [1.54, 1.807) is 6.20 Å². The minimum atomic E-state index is -0.177. The van der Waals surface area contributed by atoms with Crippen molar-refractivity contribution in [1.29, 1.82) is 0 Å². The predicted octanol–water partition coefficient (Wildman–Crippen LogP) is 1.67. The Hall–Kier alpha value is -1.32. The molecule has 0 saturated heterocycles. The van der Waals surface area contributed by atoms with E-state index in [-0.39, 0.29) is 11.9 Å². The summed E-state index contributed by atoms with van der Waals surface area (Å²) in [6, 6.07) is -0.177. The molecule has 0 aliphatic heterocycles. The summed E-state index contributed by atoms with van der Waals surface area (Å²) in [6.07, 6.45) is 5.67. The lowest BCUT2D eigenvalue weighted by Gasteiger charge is -2.14. The number of hydrogen-bond donors (Lipinski definition) is 1. The number of amides is 1. The van der Waals surface area contributed by atoms with Crippen LogP contribution < -0.4 is 5.32 Å². The second-order valence-electron chi connectivity index (χ2n) is 3.70. The third kappa shape index (κ3) is 3.08. The summed E-state index contributed by atoms with van der Waals surface area (Å²) in [5.74, 6) is 0.928. The first-order valence-electron chi connectivity index (χ1n) is 5.44. The fraction of sp³-hybridized carbons (Fsp3) is 0.636. The van der Waals surface area contributed by atoms with Gasteiger partial charge in [-0.05, 0) is 20.3 Å². The molecule has 0 saturated carbocycles. The molecule has 1 atom stereocenters. The summed E-state index contributed by atoms with van der Waals surface area (Å²) in [4.78, 5) is 15.8. The molecule has 1 aromatic rings. The number of carbonyl (C=O) groups excluding carboxylic acids is 1. The first kappa shape index (κ1) is 11.8. The quantitative estimate of drug-likeness (QED) is 0.750. The molecular formula is C11H19N3O. The monoisotopic (exact) mass is 209 g/mol. The topological polar surface area (TPSA) is 46.9 Å². The third-order valence-corrected chi connectivity index (χ3v) is 2.49. The van der Waals surface area contributed by atoms with Gasteiger partial charge in [0.25, 0.3) is 0 Å². The summed E-state index contributed by atoms with van der Waals surface area (Å²) in [5.41, 5.74) is 0. The molecular weight excluding hydrogens is 190 g/mol. The highest BCUT2D eigenvalue weighted by Crippen LogP contribution is 2.08. The lowest BCUT2D eigenvalue weighted by Crippen LogP contribution is -2.31. The van der Waals surface area contributed by atoms with Crippen LogP contribution in [0.3, 0.4) is 0 Å². The van der Waals surface area contributed by atoms with Crippen LogP contribution in [0, 0.1) is 6.92 Å². The second-order valence-corrected chi connectivity index (χ2v) is 3.70. The molecule has 1 rings (SSSR count). The molecule has 15 heavy (non-hydrogen) atoms. The van der Waals surface area contributed by atoms with Crippen molar-refractivity contribution >= 4 is 5.91 Å². The van der Waals surface area contributed by atoms with Gasteiger partial charge in [-0.25, -0.2) is 4.98 Å². The van der Waals surface area contributed by atoms with Crippen molar-refractivity contribution in [1.82, 2.24) is 14.9 Å². The van der Waals surface area contributed by atoms with Gasteiger partial charge in [-0.3, -0.25) is 4.79 Å². The van der Waals surface area contributed by atoms with Crippen molar-refractivity contribution in [3.63, 3.8) is 0 Å². The molecule has 0 aromatic carbocycles. The molecule has 1 N–H and O–H groups in total. The summed E-state index contributed by atoms with van der Waals surface area (Å²) >= 11 is 0. The van der Waals surface area contributed by atoms with E-state index in [4.69, 9.17) is 0 Å². The van der Waals surface area contributed by atoms with Crippen LogP contribution in [0.25, 0.3) is 0 Å². The molecule has 84 valence electrons. The number of rotatable bonds is 5. The highest BCUT2D eigenvalue weighted by atomic mass is 16.2. The normalized spacial score (nSPS) is 12.5. The Morgan fingerprint density at radius 1 is 1.67 bits per heavy atom. The van der Waals surface area contributed by atoms with Gasteiger partial charge in [-0.1, -0.05) is 13.3 Å². The Labute approximate surface area is 90.7 Å². The number of hydrogen-bond acceptors (Lipinski definition) is 2. The molecule has 4 heteroatoms. The van der Waals surface area contributed by atoms with E-state index >= 15 is 0 Å². The van der Waals surface area contributed by atoms with Crippen molar-refractivity contribution in [2.24, 2.45) is 0 Å². The van der Waals surface area contributed by atoms with Gasteiger partial charge < -0.3 is 9.88 Å². The number of carbonyl (C=O) groups is 1. The standard InChI is InChI=1S/C11H19N3O/c1-4-5-6-13-11(15)9(2)14-8-7-12-10(14)3/h7-9H,4-6H2,1-3H3,(H,13,15). The third-order valence-electron chi connectivity index (χ3n) is 2.49. The zero-order valence-corrected chi connectivity index (χ0v) is 9.66. The lowest BCUT2D eigenvalue weighted by atomic mass is 10.3. The van der Waals surface area contributed by atoms with Crippen LogP contribution in [-0.2, 0) is 4.79 Å². The van der Waals surface area contributed by atoms with Gasteiger partial charge in [0.1, 0.15) is 11.9 Å². The van der Waals surface area contributed by atoms with Crippen LogP contribution in [-0.4, -0.2) is 22.0 Å². The van der Waals surface area contributed by atoms with Crippen LogP contribution in [0.2, 0.25) is 0 Å². The van der Waals surface area contributed by atoms with Crippen LogP contribution in [0.4, 0.5) is 0 Å². The molecule has 0 radical (unpaired) electrons. The van der Waals surface area contributed by atoms with E-state index in [1.165, 1.54) is 0 Å². The summed E-state index contributed by atoms with van der Waals surface area (Å²) in [5, 5.41) is 2.91. The first-order valence-corrected chi connectivity index (χ1v) is 5.44. The van der Waals surface area contributed by atoms with Gasteiger partial charge in [0.15, 0.2) is 0 Å². The fourth-order valence-electron chi connectivity index (χ4n) is 1.46. The maximum Gasteiger partial charge on any atom is 0.242 e. The fourth-order valence-corrected chi connectivity index (χ4v) is 1.46. The Balaban J connectivity index is 2.50. The molecule has 0 spiro atoms. The van der Waals surface area contributed by atoms with Gasteiger partial charge in [-0.15, -0.1) is 0 Å². The molecule has 0 bridgehead atoms. The zero-order valence-electron chi connectivity index (χ0n) is 9.66. The summed E-state index contributed by atoms with van der Waals surface area (Å²) < 4.78 is 1.88. The largest absolute Gasteiger partial charge is 0.354 e. The molecule has 0 fully saturated rings. The van der Waals surface area contributed by atoms with E-state index in [9.17, 15) is 4.79 Å². The number of unbranched alkanes of at least 4 members (excludes halogenated alkanes) is 1. The molecule has 1 aromatic heterocycles. The van der Waals surface area contributed by atoms with Gasteiger partial charge in [-0.2, -0.15) is 0 Å². The van der Waals surface area contributed by atoms with Gasteiger partial charge in [0.05, 0.1) is 0 Å². The number of aromatic nitrogens is 2. The van der Waals surface area contributed by atoms with Crippen LogP contribution in [0.5, 0.6) is 0 Å². The molecule has 1 amide bonds. The summed E-state index contributed by atoms with van der Waals surface area (Å²) in [6.45, 7) is 6.65. The maximum absolute atomic E-state index is 11.7. The predicted molar refractivity (Wildman–Crippen MR) is 59.6 cm³/mol. The average molecular weight is 209 g/mol. The smallest absolute Gasteiger partial charge is 0.242 e.